The second-order valence-electron chi connectivity index (χ2n) is 6.10. The maximum absolute atomic E-state index is 11.6. The number of likely N-dealkylation sites (tertiary alicyclic amines) is 1. The van der Waals surface area contributed by atoms with Crippen LogP contribution in [-0.4, -0.2) is 38.5 Å². The lowest BCUT2D eigenvalue weighted by Crippen LogP contribution is -2.39. The van der Waals surface area contributed by atoms with Gasteiger partial charge in [0.25, 0.3) is 0 Å². The predicted molar refractivity (Wildman–Crippen MR) is 87.2 cm³/mol. The van der Waals surface area contributed by atoms with E-state index in [0.29, 0.717) is 6.42 Å². The Balaban J connectivity index is 2.06. The molecule has 120 valence electrons. The van der Waals surface area contributed by atoms with Gasteiger partial charge in [0.2, 0.25) is 0 Å². The van der Waals surface area contributed by atoms with Gasteiger partial charge < -0.3 is 5.11 Å². The van der Waals surface area contributed by atoms with Crippen molar-refractivity contribution in [1.82, 2.24) is 14.9 Å². The Bertz CT molecular complexity index is 700. The van der Waals surface area contributed by atoms with Crippen molar-refractivity contribution in [3.63, 3.8) is 0 Å². The molecule has 2 aromatic rings. The monoisotopic (exact) mass is 311 g/mol. The molecule has 2 aromatic heterocycles. The number of hydrogen-bond donors (Lipinski definition) is 1. The number of carboxylic acid groups (broad SMARTS) is 1. The molecule has 1 aliphatic heterocycles. The quantitative estimate of drug-likeness (QED) is 0.940. The molecule has 1 fully saturated rings. The van der Waals surface area contributed by atoms with Gasteiger partial charge in [-0.05, 0) is 50.5 Å². The van der Waals surface area contributed by atoms with Crippen molar-refractivity contribution < 1.29 is 9.90 Å². The first-order valence-electron chi connectivity index (χ1n) is 7.91. The van der Waals surface area contributed by atoms with E-state index in [9.17, 15) is 9.90 Å². The van der Waals surface area contributed by atoms with Crippen molar-refractivity contribution in [3.05, 3.63) is 59.2 Å². The molecule has 23 heavy (non-hydrogen) atoms. The van der Waals surface area contributed by atoms with Gasteiger partial charge in [0, 0.05) is 18.4 Å². The van der Waals surface area contributed by atoms with Crippen LogP contribution in [0.25, 0.3) is 0 Å². The fraction of sp³-hybridized carbons (Fsp3) is 0.389. The molecule has 0 amide bonds. The molecule has 0 spiro atoms. The van der Waals surface area contributed by atoms with Gasteiger partial charge in [-0.25, -0.2) is 0 Å². The Hall–Kier alpha value is -2.27. The van der Waals surface area contributed by atoms with Gasteiger partial charge in [-0.3, -0.25) is 19.7 Å². The minimum absolute atomic E-state index is 0.223. The lowest BCUT2D eigenvalue weighted by atomic mass is 10.0. The highest BCUT2D eigenvalue weighted by atomic mass is 16.4. The fourth-order valence-corrected chi connectivity index (χ4v) is 3.21. The third-order valence-electron chi connectivity index (χ3n) is 4.32. The van der Waals surface area contributed by atoms with Crippen molar-refractivity contribution in [2.24, 2.45) is 0 Å². The molecule has 0 aromatic carbocycles. The Labute approximate surface area is 136 Å². The number of hydrogen-bond acceptors (Lipinski definition) is 4. The largest absolute Gasteiger partial charge is 0.480 e. The average Bonchev–Trinajstić information content (AvgIpc) is 2.99. The molecule has 1 aliphatic rings. The van der Waals surface area contributed by atoms with E-state index in [-0.39, 0.29) is 6.04 Å². The molecule has 5 heteroatoms. The number of aryl methyl sites for hydroxylation is 2. The first-order valence-corrected chi connectivity index (χ1v) is 7.91. The molecule has 0 saturated carbocycles. The van der Waals surface area contributed by atoms with E-state index in [2.05, 4.69) is 9.97 Å². The zero-order valence-corrected chi connectivity index (χ0v) is 13.4. The highest BCUT2D eigenvalue weighted by Gasteiger charge is 2.38. The Morgan fingerprint density at radius 2 is 2.09 bits per heavy atom. The van der Waals surface area contributed by atoms with E-state index in [1.54, 1.807) is 0 Å². The van der Waals surface area contributed by atoms with E-state index in [1.165, 1.54) is 0 Å². The van der Waals surface area contributed by atoms with Gasteiger partial charge >= 0.3 is 5.97 Å². The van der Waals surface area contributed by atoms with Crippen molar-refractivity contribution in [1.29, 1.82) is 0 Å². The van der Waals surface area contributed by atoms with Crippen LogP contribution in [0.4, 0.5) is 0 Å². The van der Waals surface area contributed by atoms with Gasteiger partial charge in [-0.1, -0.05) is 12.1 Å². The number of carbonyl (C=O) groups is 1. The summed E-state index contributed by atoms with van der Waals surface area (Å²) in [5.74, 6) is -0.771. The normalized spacial score (nSPS) is 19.7. The summed E-state index contributed by atoms with van der Waals surface area (Å²) in [6.45, 7) is 4.68. The molecule has 3 rings (SSSR count). The predicted octanol–water partition coefficient (Wildman–Crippen LogP) is 2.73. The summed E-state index contributed by atoms with van der Waals surface area (Å²) >= 11 is 0. The van der Waals surface area contributed by atoms with Gasteiger partial charge in [-0.2, -0.15) is 0 Å². The molecular weight excluding hydrogens is 290 g/mol. The summed E-state index contributed by atoms with van der Waals surface area (Å²) in [6, 6.07) is 9.14. The maximum Gasteiger partial charge on any atom is 0.320 e. The molecule has 1 N–H and O–H groups in total. The van der Waals surface area contributed by atoms with Gasteiger partial charge in [0.1, 0.15) is 6.04 Å². The lowest BCUT2D eigenvalue weighted by Gasteiger charge is -2.30. The summed E-state index contributed by atoms with van der Waals surface area (Å²) < 4.78 is 0. The van der Waals surface area contributed by atoms with Crippen LogP contribution in [-0.2, 0) is 4.79 Å². The summed E-state index contributed by atoms with van der Waals surface area (Å²) in [4.78, 5) is 22.8. The summed E-state index contributed by atoms with van der Waals surface area (Å²) in [5, 5.41) is 9.54. The van der Waals surface area contributed by atoms with Crippen LogP contribution in [0.2, 0.25) is 0 Å². The summed E-state index contributed by atoms with van der Waals surface area (Å²) in [5.41, 5.74) is 3.71. The van der Waals surface area contributed by atoms with Crippen molar-refractivity contribution in [2.75, 3.05) is 6.54 Å². The van der Waals surface area contributed by atoms with Crippen LogP contribution >= 0.6 is 0 Å². The second kappa shape index (κ2) is 6.46. The van der Waals surface area contributed by atoms with Gasteiger partial charge in [0.05, 0.1) is 17.4 Å². The average molecular weight is 311 g/mol. The first-order chi connectivity index (χ1) is 11.1. The molecule has 0 radical (unpaired) electrons. The number of rotatable bonds is 4. The van der Waals surface area contributed by atoms with E-state index >= 15 is 0 Å². The molecule has 5 nitrogen and oxygen atoms in total. The topological polar surface area (TPSA) is 66.3 Å². The van der Waals surface area contributed by atoms with E-state index in [4.69, 9.17) is 0 Å². The minimum Gasteiger partial charge on any atom is -0.480 e. The smallest absolute Gasteiger partial charge is 0.320 e. The van der Waals surface area contributed by atoms with Gasteiger partial charge in [-0.15, -0.1) is 0 Å². The van der Waals surface area contributed by atoms with Crippen molar-refractivity contribution in [3.8, 4) is 0 Å². The third kappa shape index (κ3) is 3.24. The van der Waals surface area contributed by atoms with Crippen LogP contribution in [0.1, 0.15) is 41.5 Å². The van der Waals surface area contributed by atoms with Crippen LogP contribution in [0, 0.1) is 13.8 Å². The summed E-state index contributed by atoms with van der Waals surface area (Å²) in [7, 11) is 0. The Morgan fingerprint density at radius 1 is 1.26 bits per heavy atom. The SMILES string of the molecule is Cc1ccc(C(c2cccc(C)n2)N2CCCC2C(=O)O)nc1. The zero-order chi connectivity index (χ0) is 16.4. The van der Waals surface area contributed by atoms with E-state index in [1.807, 2.05) is 55.3 Å². The van der Waals surface area contributed by atoms with Crippen molar-refractivity contribution in [2.45, 2.75) is 38.8 Å². The molecule has 1 saturated heterocycles. The zero-order valence-electron chi connectivity index (χ0n) is 13.4. The van der Waals surface area contributed by atoms with Crippen LogP contribution < -0.4 is 0 Å². The van der Waals surface area contributed by atoms with Crippen molar-refractivity contribution >= 4 is 5.97 Å². The molecule has 3 heterocycles. The van der Waals surface area contributed by atoms with Crippen LogP contribution in [0.5, 0.6) is 0 Å². The summed E-state index contributed by atoms with van der Waals surface area (Å²) in [6.07, 6.45) is 3.37. The maximum atomic E-state index is 11.6. The number of aliphatic carboxylic acids is 1. The van der Waals surface area contributed by atoms with Crippen LogP contribution in [0.15, 0.2) is 36.5 Å². The number of nitrogens with zero attached hydrogens (tertiary/aromatic N) is 3. The standard InChI is InChI=1S/C18H21N3O2/c1-12-8-9-14(19-11-12)17(15-6-3-5-13(2)20-15)21-10-4-7-16(21)18(22)23/h3,5-6,8-9,11,16-17H,4,7,10H2,1-2H3,(H,22,23). The minimum atomic E-state index is -0.771. The Morgan fingerprint density at radius 3 is 2.74 bits per heavy atom. The van der Waals surface area contributed by atoms with E-state index in [0.717, 1.165) is 35.6 Å². The molecule has 2 atom stereocenters. The third-order valence-corrected chi connectivity index (χ3v) is 4.32. The number of aromatic nitrogens is 2. The highest BCUT2D eigenvalue weighted by Crippen LogP contribution is 2.33. The fourth-order valence-electron chi connectivity index (χ4n) is 3.21. The molecular formula is C18H21N3O2. The first kappa shape index (κ1) is 15.6. The number of pyridine rings is 2. The Kier molecular flexibility index (Phi) is 4.39. The van der Waals surface area contributed by atoms with E-state index < -0.39 is 12.0 Å². The molecule has 0 bridgehead atoms. The second-order valence-corrected chi connectivity index (χ2v) is 6.10. The van der Waals surface area contributed by atoms with Crippen LogP contribution in [0.3, 0.4) is 0 Å². The molecule has 0 aliphatic carbocycles. The van der Waals surface area contributed by atoms with Gasteiger partial charge in [0.15, 0.2) is 0 Å². The molecule has 2 unspecified atom stereocenters. The lowest BCUT2D eigenvalue weighted by molar-refractivity contribution is -0.142. The highest BCUT2D eigenvalue weighted by molar-refractivity contribution is 5.74. The number of carboxylic acids is 1.